The topological polar surface area (TPSA) is 62.3 Å². The van der Waals surface area contributed by atoms with Gasteiger partial charge in [-0.1, -0.05) is 18.2 Å². The van der Waals surface area contributed by atoms with Crippen LogP contribution in [-0.4, -0.2) is 22.2 Å². The number of aromatic amines is 1. The number of ether oxygens (including phenoxy) is 1. The minimum Gasteiger partial charge on any atom is -0.481 e. The Morgan fingerprint density at radius 3 is 2.78 bits per heavy atom. The Bertz CT molecular complexity index is 557. The lowest BCUT2D eigenvalue weighted by atomic mass is 10.1. The molecule has 4 heteroatoms. The molecule has 96 valence electrons. The van der Waals surface area contributed by atoms with Crippen molar-refractivity contribution in [2.75, 3.05) is 0 Å². The van der Waals surface area contributed by atoms with Gasteiger partial charge in [0.2, 0.25) is 0 Å². The van der Waals surface area contributed by atoms with E-state index in [9.17, 15) is 4.79 Å². The fraction of sp³-hybridized carbons (Fsp3) is 0.357. The lowest BCUT2D eigenvalue weighted by molar-refractivity contribution is -0.136. The molecule has 0 aliphatic heterocycles. The Morgan fingerprint density at radius 1 is 1.39 bits per heavy atom. The van der Waals surface area contributed by atoms with Gasteiger partial charge in [0, 0.05) is 22.9 Å². The van der Waals surface area contributed by atoms with E-state index in [1.165, 1.54) is 0 Å². The first-order valence-corrected chi connectivity index (χ1v) is 6.06. The molecule has 1 heterocycles. The Labute approximate surface area is 106 Å². The zero-order valence-corrected chi connectivity index (χ0v) is 10.6. The fourth-order valence-electron chi connectivity index (χ4n) is 1.99. The standard InChI is InChI=1S/C14H17NO3/c1-9(2)18-14-11(7-8-13(16)17)10-5-3-4-6-12(10)15-14/h3-6,9,15H,7-8H2,1-2H3,(H,16,17). The van der Waals surface area contributed by atoms with Crippen LogP contribution in [0.3, 0.4) is 0 Å². The van der Waals surface area contributed by atoms with E-state index in [1.54, 1.807) is 0 Å². The molecule has 0 atom stereocenters. The lowest BCUT2D eigenvalue weighted by Crippen LogP contribution is -2.08. The summed E-state index contributed by atoms with van der Waals surface area (Å²) in [6, 6.07) is 7.83. The molecular formula is C14H17NO3. The number of nitrogens with one attached hydrogen (secondary N) is 1. The van der Waals surface area contributed by atoms with Gasteiger partial charge in [0.1, 0.15) is 0 Å². The average Bonchev–Trinajstić information content (AvgIpc) is 2.62. The largest absolute Gasteiger partial charge is 0.481 e. The SMILES string of the molecule is CC(C)Oc1[nH]c2ccccc2c1CCC(=O)O. The molecule has 1 aromatic carbocycles. The van der Waals surface area contributed by atoms with Gasteiger partial charge in [-0.15, -0.1) is 0 Å². The minimum atomic E-state index is -0.796. The van der Waals surface area contributed by atoms with Crippen molar-refractivity contribution in [3.05, 3.63) is 29.8 Å². The van der Waals surface area contributed by atoms with Crippen LogP contribution in [0.1, 0.15) is 25.8 Å². The van der Waals surface area contributed by atoms with Crippen LogP contribution in [0.25, 0.3) is 10.9 Å². The molecule has 18 heavy (non-hydrogen) atoms. The summed E-state index contributed by atoms with van der Waals surface area (Å²) in [5.74, 6) is -0.108. The van der Waals surface area contributed by atoms with Crippen LogP contribution in [0.4, 0.5) is 0 Å². The summed E-state index contributed by atoms with van der Waals surface area (Å²) in [6.07, 6.45) is 0.638. The summed E-state index contributed by atoms with van der Waals surface area (Å²) in [6.45, 7) is 3.90. The second-order valence-corrected chi connectivity index (χ2v) is 4.54. The van der Waals surface area contributed by atoms with E-state index in [0.29, 0.717) is 12.3 Å². The number of fused-ring (bicyclic) bond motifs is 1. The zero-order chi connectivity index (χ0) is 13.1. The molecule has 2 aromatic rings. The van der Waals surface area contributed by atoms with Crippen molar-refractivity contribution in [3.8, 4) is 5.88 Å². The summed E-state index contributed by atoms with van der Waals surface area (Å²) < 4.78 is 5.71. The van der Waals surface area contributed by atoms with Crippen LogP contribution < -0.4 is 4.74 Å². The number of rotatable bonds is 5. The van der Waals surface area contributed by atoms with Crippen LogP contribution in [0.5, 0.6) is 5.88 Å². The van der Waals surface area contributed by atoms with Crippen molar-refractivity contribution in [1.29, 1.82) is 0 Å². The predicted octanol–water partition coefficient (Wildman–Crippen LogP) is 2.97. The summed E-state index contributed by atoms with van der Waals surface area (Å²) in [5.41, 5.74) is 1.93. The molecule has 2 N–H and O–H groups in total. The molecule has 2 rings (SSSR count). The Balaban J connectivity index is 2.40. The number of carboxylic acid groups (broad SMARTS) is 1. The van der Waals surface area contributed by atoms with E-state index in [0.717, 1.165) is 16.5 Å². The van der Waals surface area contributed by atoms with Gasteiger partial charge in [-0.2, -0.15) is 0 Å². The van der Waals surface area contributed by atoms with Crippen LogP contribution in [-0.2, 0) is 11.2 Å². The third kappa shape index (κ3) is 2.64. The van der Waals surface area contributed by atoms with Gasteiger partial charge < -0.3 is 14.8 Å². The highest BCUT2D eigenvalue weighted by Gasteiger charge is 2.14. The first kappa shape index (κ1) is 12.5. The fourth-order valence-corrected chi connectivity index (χ4v) is 1.99. The van der Waals surface area contributed by atoms with Crippen LogP contribution >= 0.6 is 0 Å². The number of aliphatic carboxylic acids is 1. The van der Waals surface area contributed by atoms with E-state index in [-0.39, 0.29) is 12.5 Å². The number of aryl methyl sites for hydroxylation is 1. The molecule has 0 aliphatic carbocycles. The molecule has 0 amide bonds. The second kappa shape index (κ2) is 5.12. The first-order chi connectivity index (χ1) is 8.58. The van der Waals surface area contributed by atoms with Crippen molar-refractivity contribution >= 4 is 16.9 Å². The van der Waals surface area contributed by atoms with Gasteiger partial charge in [0.15, 0.2) is 5.88 Å². The molecule has 0 spiro atoms. The maximum absolute atomic E-state index is 10.7. The third-order valence-corrected chi connectivity index (χ3v) is 2.72. The van der Waals surface area contributed by atoms with Crippen molar-refractivity contribution in [2.45, 2.75) is 32.8 Å². The van der Waals surface area contributed by atoms with Crippen molar-refractivity contribution in [3.63, 3.8) is 0 Å². The van der Waals surface area contributed by atoms with Gasteiger partial charge >= 0.3 is 5.97 Å². The minimum absolute atomic E-state index is 0.0571. The number of hydrogen-bond acceptors (Lipinski definition) is 2. The smallest absolute Gasteiger partial charge is 0.303 e. The molecule has 1 aromatic heterocycles. The third-order valence-electron chi connectivity index (χ3n) is 2.72. The van der Waals surface area contributed by atoms with Crippen molar-refractivity contribution in [2.24, 2.45) is 0 Å². The van der Waals surface area contributed by atoms with Crippen LogP contribution in [0.15, 0.2) is 24.3 Å². The Morgan fingerprint density at radius 2 is 2.11 bits per heavy atom. The van der Waals surface area contributed by atoms with Crippen molar-refractivity contribution < 1.29 is 14.6 Å². The van der Waals surface area contributed by atoms with Crippen LogP contribution in [0.2, 0.25) is 0 Å². The summed E-state index contributed by atoms with van der Waals surface area (Å²) >= 11 is 0. The molecule has 0 radical (unpaired) electrons. The maximum Gasteiger partial charge on any atom is 0.303 e. The monoisotopic (exact) mass is 247 g/mol. The zero-order valence-electron chi connectivity index (χ0n) is 10.6. The van der Waals surface area contributed by atoms with E-state index in [1.807, 2.05) is 38.1 Å². The van der Waals surface area contributed by atoms with E-state index in [4.69, 9.17) is 9.84 Å². The lowest BCUT2D eigenvalue weighted by Gasteiger charge is -2.09. The highest BCUT2D eigenvalue weighted by molar-refractivity contribution is 5.86. The van der Waals surface area contributed by atoms with Gasteiger partial charge in [0.05, 0.1) is 6.10 Å². The number of carbonyl (C=O) groups is 1. The quantitative estimate of drug-likeness (QED) is 0.853. The van der Waals surface area contributed by atoms with Gasteiger partial charge in [-0.25, -0.2) is 0 Å². The molecule has 0 unspecified atom stereocenters. The summed E-state index contributed by atoms with van der Waals surface area (Å²) in [4.78, 5) is 13.9. The normalized spacial score (nSPS) is 11.1. The summed E-state index contributed by atoms with van der Waals surface area (Å²) in [7, 11) is 0. The van der Waals surface area contributed by atoms with Gasteiger partial charge in [-0.05, 0) is 26.3 Å². The highest BCUT2D eigenvalue weighted by atomic mass is 16.5. The Kier molecular flexibility index (Phi) is 3.55. The number of para-hydroxylation sites is 1. The Hall–Kier alpha value is -1.97. The first-order valence-electron chi connectivity index (χ1n) is 6.06. The average molecular weight is 247 g/mol. The number of H-pyrrole nitrogens is 1. The van der Waals surface area contributed by atoms with Crippen molar-refractivity contribution in [1.82, 2.24) is 4.98 Å². The number of carboxylic acids is 1. The van der Waals surface area contributed by atoms with Gasteiger partial charge in [-0.3, -0.25) is 4.79 Å². The molecule has 0 aliphatic rings. The molecule has 0 fully saturated rings. The number of hydrogen-bond donors (Lipinski definition) is 2. The molecular weight excluding hydrogens is 230 g/mol. The van der Waals surface area contributed by atoms with Gasteiger partial charge in [0.25, 0.3) is 0 Å². The molecule has 4 nitrogen and oxygen atoms in total. The second-order valence-electron chi connectivity index (χ2n) is 4.54. The number of benzene rings is 1. The molecule has 0 saturated heterocycles. The van der Waals surface area contributed by atoms with Crippen LogP contribution in [0, 0.1) is 0 Å². The highest BCUT2D eigenvalue weighted by Crippen LogP contribution is 2.29. The van der Waals surface area contributed by atoms with E-state index >= 15 is 0 Å². The van der Waals surface area contributed by atoms with E-state index < -0.39 is 5.97 Å². The van der Waals surface area contributed by atoms with E-state index in [2.05, 4.69) is 4.98 Å². The predicted molar refractivity (Wildman–Crippen MR) is 70.0 cm³/mol. The molecule has 0 bridgehead atoms. The number of aromatic nitrogens is 1. The maximum atomic E-state index is 10.7. The molecule has 0 saturated carbocycles. The summed E-state index contributed by atoms with van der Waals surface area (Å²) in [5, 5.41) is 9.84.